The van der Waals surface area contributed by atoms with Crippen molar-refractivity contribution in [1.29, 1.82) is 0 Å². The maximum absolute atomic E-state index is 10.6. The van der Waals surface area contributed by atoms with E-state index in [0.717, 1.165) is 6.07 Å². The van der Waals surface area contributed by atoms with Crippen LogP contribution in [0.4, 0.5) is 0 Å². The lowest BCUT2D eigenvalue weighted by Crippen LogP contribution is -2.00. The van der Waals surface area contributed by atoms with Gasteiger partial charge in [-0.15, -0.1) is 0 Å². The lowest BCUT2D eigenvalue weighted by Gasteiger charge is -1.99. The summed E-state index contributed by atoms with van der Waals surface area (Å²) in [4.78, 5) is 10.6. The van der Waals surface area contributed by atoms with Crippen LogP contribution < -0.4 is 0 Å². The van der Waals surface area contributed by atoms with Gasteiger partial charge in [-0.05, 0) is 24.6 Å². The van der Waals surface area contributed by atoms with Gasteiger partial charge in [-0.3, -0.25) is 0 Å². The molecule has 1 aromatic rings. The van der Waals surface area contributed by atoms with Gasteiger partial charge in [0.2, 0.25) is 0 Å². The highest BCUT2D eigenvalue weighted by molar-refractivity contribution is 7.72. The minimum Gasteiger partial charge on any atom is -0.478 e. The Morgan fingerprint density at radius 2 is 2.00 bits per heavy atom. The summed E-state index contributed by atoms with van der Waals surface area (Å²) in [5.41, 5.74) is 0.574. The molecule has 1 aromatic carbocycles. The molecule has 0 unspecified atom stereocenters. The molecule has 0 heterocycles. The van der Waals surface area contributed by atoms with E-state index in [2.05, 4.69) is 0 Å². The average Bonchev–Trinajstić information content (AvgIpc) is 2.04. The van der Waals surface area contributed by atoms with Crippen molar-refractivity contribution in [3.8, 4) is 0 Å². The lowest BCUT2D eigenvalue weighted by atomic mass is 10.1. The molecule has 70 valence electrons. The Labute approximate surface area is 76.8 Å². The van der Waals surface area contributed by atoms with Crippen molar-refractivity contribution < 1.29 is 18.3 Å². The van der Waals surface area contributed by atoms with Crippen LogP contribution in [0.1, 0.15) is 15.9 Å². The van der Waals surface area contributed by atoms with Crippen LogP contribution in [0.2, 0.25) is 0 Å². The van der Waals surface area contributed by atoms with Crippen LogP contribution in [-0.4, -0.2) is 19.5 Å². The molecule has 0 fully saturated rings. The van der Waals surface area contributed by atoms with E-state index in [9.17, 15) is 13.2 Å². The first-order chi connectivity index (χ1) is 6.02. The first kappa shape index (κ1) is 9.73. The van der Waals surface area contributed by atoms with Crippen LogP contribution in [0, 0.1) is 6.92 Å². The number of thiol groups is 1. The summed E-state index contributed by atoms with van der Waals surface area (Å²) >= 11 is 0. The number of rotatable bonds is 2. The van der Waals surface area contributed by atoms with Gasteiger partial charge in [0.05, 0.1) is 10.5 Å². The Morgan fingerprint density at radius 3 is 2.46 bits per heavy atom. The quantitative estimate of drug-likeness (QED) is 0.688. The zero-order valence-electron chi connectivity index (χ0n) is 6.85. The molecule has 0 radical (unpaired) electrons. The van der Waals surface area contributed by atoms with Gasteiger partial charge in [-0.25, -0.2) is 13.2 Å². The largest absolute Gasteiger partial charge is 0.478 e. The maximum atomic E-state index is 10.6. The van der Waals surface area contributed by atoms with Gasteiger partial charge < -0.3 is 5.11 Å². The third-order valence-electron chi connectivity index (χ3n) is 1.66. The van der Waals surface area contributed by atoms with Gasteiger partial charge in [0.25, 0.3) is 0 Å². The molecule has 0 saturated carbocycles. The van der Waals surface area contributed by atoms with Crippen LogP contribution >= 0.6 is 0 Å². The van der Waals surface area contributed by atoms with E-state index in [4.69, 9.17) is 5.11 Å². The zero-order chi connectivity index (χ0) is 10.0. The Morgan fingerprint density at radius 1 is 1.38 bits per heavy atom. The molecule has 4 nitrogen and oxygen atoms in total. The molecular formula is C8H8O4S. The maximum Gasteiger partial charge on any atom is 0.335 e. The zero-order valence-corrected chi connectivity index (χ0v) is 7.75. The molecule has 0 aliphatic rings. The minimum absolute atomic E-state index is 0.0247. The number of aromatic carboxylic acids is 1. The number of hydrogen-bond acceptors (Lipinski definition) is 3. The van der Waals surface area contributed by atoms with Gasteiger partial charge in [0.15, 0.2) is 10.7 Å². The number of carbonyl (C=O) groups is 1. The summed E-state index contributed by atoms with van der Waals surface area (Å²) in [6.45, 7) is 1.62. The van der Waals surface area contributed by atoms with E-state index in [0.29, 0.717) is 5.56 Å². The molecule has 13 heavy (non-hydrogen) atoms. The van der Waals surface area contributed by atoms with Crippen LogP contribution in [0.15, 0.2) is 23.1 Å². The summed E-state index contributed by atoms with van der Waals surface area (Å²) in [5, 5.41) is 8.67. The Kier molecular flexibility index (Phi) is 2.67. The number of hydrogen-bond donors (Lipinski definition) is 2. The van der Waals surface area contributed by atoms with Crippen LogP contribution in [0.25, 0.3) is 0 Å². The summed E-state index contributed by atoms with van der Waals surface area (Å²) in [6.07, 6.45) is 0. The predicted octanol–water partition coefficient (Wildman–Crippen LogP) is 0.664. The van der Waals surface area contributed by atoms with Gasteiger partial charge >= 0.3 is 5.97 Å². The van der Waals surface area contributed by atoms with Crippen molar-refractivity contribution in [2.75, 3.05) is 0 Å². The minimum atomic E-state index is -2.71. The molecule has 1 N–H and O–H groups in total. The molecular weight excluding hydrogens is 192 g/mol. The molecule has 0 bridgehead atoms. The summed E-state index contributed by atoms with van der Waals surface area (Å²) < 4.78 is 21.1. The van der Waals surface area contributed by atoms with Gasteiger partial charge in [0, 0.05) is 0 Å². The fourth-order valence-electron chi connectivity index (χ4n) is 0.954. The molecule has 1 rings (SSSR count). The standard InChI is InChI=1S/C8H8O4S/c1-5-2-3-6(13(11)12)4-7(5)8(9)10/h2-4,13H,1H3,(H,9,10). The lowest BCUT2D eigenvalue weighted by molar-refractivity contribution is 0.0696. The molecule has 0 aromatic heterocycles. The number of aryl methyl sites for hydroxylation is 1. The molecule has 5 heteroatoms. The summed E-state index contributed by atoms with van der Waals surface area (Å²) in [7, 11) is -2.71. The third kappa shape index (κ3) is 2.06. The molecule has 0 saturated heterocycles. The smallest absolute Gasteiger partial charge is 0.335 e. The van der Waals surface area contributed by atoms with Crippen molar-refractivity contribution in [2.24, 2.45) is 0 Å². The van der Waals surface area contributed by atoms with E-state index in [-0.39, 0.29) is 10.5 Å². The fraction of sp³-hybridized carbons (Fsp3) is 0.125. The van der Waals surface area contributed by atoms with E-state index in [1.165, 1.54) is 12.1 Å². The normalized spacial score (nSPS) is 10.3. The molecule has 0 atom stereocenters. The van der Waals surface area contributed by atoms with Crippen molar-refractivity contribution in [2.45, 2.75) is 11.8 Å². The van der Waals surface area contributed by atoms with Crippen molar-refractivity contribution in [3.05, 3.63) is 29.3 Å². The third-order valence-corrected chi connectivity index (χ3v) is 2.36. The summed E-state index contributed by atoms with van der Waals surface area (Å²) in [6, 6.07) is 4.01. The van der Waals surface area contributed by atoms with Crippen molar-refractivity contribution in [1.82, 2.24) is 0 Å². The predicted molar refractivity (Wildman–Crippen MR) is 46.7 cm³/mol. The highest BCUT2D eigenvalue weighted by Gasteiger charge is 2.08. The second-order valence-electron chi connectivity index (χ2n) is 2.56. The fourth-order valence-corrected chi connectivity index (χ4v) is 1.38. The topological polar surface area (TPSA) is 71.4 Å². The highest BCUT2D eigenvalue weighted by Crippen LogP contribution is 2.11. The Balaban J connectivity index is 3.35. The SMILES string of the molecule is Cc1ccc([SH](=O)=O)cc1C(=O)O. The second-order valence-corrected chi connectivity index (χ2v) is 3.59. The van der Waals surface area contributed by atoms with E-state index < -0.39 is 16.7 Å². The van der Waals surface area contributed by atoms with Crippen LogP contribution in [0.5, 0.6) is 0 Å². The molecule has 0 amide bonds. The molecule has 0 aliphatic carbocycles. The molecule has 0 spiro atoms. The van der Waals surface area contributed by atoms with Crippen molar-refractivity contribution in [3.63, 3.8) is 0 Å². The van der Waals surface area contributed by atoms with Gasteiger partial charge in [0.1, 0.15) is 0 Å². The van der Waals surface area contributed by atoms with E-state index >= 15 is 0 Å². The Bertz CT molecular complexity index is 412. The summed E-state index contributed by atoms with van der Waals surface area (Å²) in [5.74, 6) is -1.11. The van der Waals surface area contributed by atoms with E-state index in [1.54, 1.807) is 6.92 Å². The van der Waals surface area contributed by atoms with Crippen molar-refractivity contribution >= 4 is 16.7 Å². The average molecular weight is 200 g/mol. The highest BCUT2D eigenvalue weighted by atomic mass is 32.2. The van der Waals surface area contributed by atoms with Gasteiger partial charge in [-0.2, -0.15) is 0 Å². The number of carboxylic acids is 1. The Hall–Kier alpha value is -1.36. The first-order valence-electron chi connectivity index (χ1n) is 3.50. The van der Waals surface area contributed by atoms with Crippen LogP contribution in [-0.2, 0) is 10.7 Å². The second kappa shape index (κ2) is 3.57. The first-order valence-corrected chi connectivity index (χ1v) is 4.68. The molecule has 0 aliphatic heterocycles. The monoisotopic (exact) mass is 200 g/mol. The van der Waals surface area contributed by atoms with Gasteiger partial charge in [-0.1, -0.05) is 6.07 Å². The number of benzene rings is 1. The number of carboxylic acid groups (broad SMARTS) is 1. The van der Waals surface area contributed by atoms with Crippen LogP contribution in [0.3, 0.4) is 0 Å². The van der Waals surface area contributed by atoms with E-state index in [1.807, 2.05) is 0 Å².